The number of nitrogens with zero attached hydrogens (tertiary/aromatic N) is 1. The number of nitrogens with one attached hydrogen (secondary N) is 1. The molecule has 128 valence electrons. The molecule has 3 atom stereocenters. The van der Waals surface area contributed by atoms with Crippen LogP contribution >= 0.6 is 11.3 Å². The second-order valence-corrected chi connectivity index (χ2v) is 8.38. The number of thiazole rings is 1. The molecular formula is C19H24N2O2S. The van der Waals surface area contributed by atoms with Gasteiger partial charge >= 0.3 is 0 Å². The fraction of sp³-hybridized carbons (Fsp3) is 0.526. The summed E-state index contributed by atoms with van der Waals surface area (Å²) in [6.45, 7) is 7.86. The second-order valence-electron chi connectivity index (χ2n) is 7.49. The zero-order chi connectivity index (χ0) is 17.5. The SMILES string of the molecule is CC(=O)[C@@H]1C[C@H](CC(=O)NC(C)c2ccc3ncsc3c2)C1(C)C. The van der Waals surface area contributed by atoms with E-state index < -0.39 is 0 Å². The summed E-state index contributed by atoms with van der Waals surface area (Å²) in [6, 6.07) is 6.08. The van der Waals surface area contributed by atoms with E-state index in [1.807, 2.05) is 24.6 Å². The molecule has 0 aliphatic heterocycles. The average molecular weight is 344 g/mol. The largest absolute Gasteiger partial charge is 0.350 e. The van der Waals surface area contributed by atoms with Crippen molar-refractivity contribution in [2.45, 2.75) is 46.6 Å². The van der Waals surface area contributed by atoms with Crippen LogP contribution in [-0.4, -0.2) is 16.7 Å². The molecule has 1 heterocycles. The van der Waals surface area contributed by atoms with Crippen molar-refractivity contribution < 1.29 is 9.59 Å². The van der Waals surface area contributed by atoms with Crippen molar-refractivity contribution in [3.8, 4) is 0 Å². The van der Waals surface area contributed by atoms with Crippen molar-refractivity contribution in [2.75, 3.05) is 0 Å². The van der Waals surface area contributed by atoms with Crippen LogP contribution in [0.4, 0.5) is 0 Å². The van der Waals surface area contributed by atoms with Crippen LogP contribution < -0.4 is 5.32 Å². The van der Waals surface area contributed by atoms with Crippen molar-refractivity contribution in [1.82, 2.24) is 10.3 Å². The number of carbonyl (C=O) groups excluding carboxylic acids is 2. The van der Waals surface area contributed by atoms with E-state index in [1.165, 1.54) is 0 Å². The number of benzene rings is 1. The van der Waals surface area contributed by atoms with E-state index in [9.17, 15) is 9.59 Å². The Labute approximate surface area is 146 Å². The lowest BCUT2D eigenvalue weighted by molar-refractivity contribution is -0.141. The number of ketones is 1. The molecule has 0 bridgehead atoms. The van der Waals surface area contributed by atoms with E-state index in [0.29, 0.717) is 6.42 Å². The molecular weight excluding hydrogens is 320 g/mol. The van der Waals surface area contributed by atoms with Gasteiger partial charge in [0.05, 0.1) is 21.8 Å². The van der Waals surface area contributed by atoms with Crippen LogP contribution in [0.5, 0.6) is 0 Å². The zero-order valence-electron chi connectivity index (χ0n) is 14.6. The molecule has 1 aromatic carbocycles. The van der Waals surface area contributed by atoms with Gasteiger partial charge < -0.3 is 5.32 Å². The normalized spacial score (nSPS) is 23.5. The smallest absolute Gasteiger partial charge is 0.220 e. The third-order valence-corrected chi connectivity index (χ3v) is 6.42. The Morgan fingerprint density at radius 1 is 1.42 bits per heavy atom. The first-order valence-electron chi connectivity index (χ1n) is 8.42. The summed E-state index contributed by atoms with van der Waals surface area (Å²) < 4.78 is 1.14. The van der Waals surface area contributed by atoms with E-state index in [1.54, 1.807) is 18.3 Å². The highest BCUT2D eigenvalue weighted by Crippen LogP contribution is 2.53. The summed E-state index contributed by atoms with van der Waals surface area (Å²) in [5.41, 5.74) is 3.85. The Hall–Kier alpha value is -1.75. The second kappa shape index (κ2) is 6.28. The Bertz CT molecular complexity index is 781. The minimum absolute atomic E-state index is 0.0317. The van der Waals surface area contributed by atoms with Gasteiger partial charge in [0.25, 0.3) is 0 Å². The summed E-state index contributed by atoms with van der Waals surface area (Å²) in [5.74, 6) is 0.680. The Morgan fingerprint density at radius 3 is 2.83 bits per heavy atom. The van der Waals surface area contributed by atoms with Gasteiger partial charge in [-0.25, -0.2) is 4.98 Å². The number of hydrogen-bond donors (Lipinski definition) is 1. The summed E-state index contributed by atoms with van der Waals surface area (Å²) in [7, 11) is 0. The predicted octanol–water partition coefficient (Wildman–Crippen LogP) is 4.11. The van der Waals surface area contributed by atoms with Crippen LogP contribution in [0.1, 0.15) is 52.1 Å². The first kappa shape index (κ1) is 17.1. The van der Waals surface area contributed by atoms with E-state index in [-0.39, 0.29) is 35.0 Å². The van der Waals surface area contributed by atoms with Gasteiger partial charge in [-0.05, 0) is 49.3 Å². The highest BCUT2D eigenvalue weighted by Gasteiger charge is 2.50. The molecule has 24 heavy (non-hydrogen) atoms. The third kappa shape index (κ3) is 3.09. The summed E-state index contributed by atoms with van der Waals surface area (Å²) in [4.78, 5) is 28.3. The van der Waals surface area contributed by atoms with Gasteiger partial charge in [-0.2, -0.15) is 0 Å². The lowest BCUT2D eigenvalue weighted by Crippen LogP contribution is -2.49. The summed E-state index contributed by atoms with van der Waals surface area (Å²) in [6.07, 6.45) is 1.32. The van der Waals surface area contributed by atoms with Gasteiger partial charge in [-0.15, -0.1) is 11.3 Å². The Kier molecular flexibility index (Phi) is 4.47. The van der Waals surface area contributed by atoms with Gasteiger partial charge in [0, 0.05) is 12.3 Å². The van der Waals surface area contributed by atoms with Gasteiger partial charge in [-0.1, -0.05) is 19.9 Å². The molecule has 2 aromatic rings. The number of Topliss-reactive ketones (excluding diaryl/α,β-unsaturated/α-hetero) is 1. The van der Waals surface area contributed by atoms with Crippen LogP contribution in [0.3, 0.4) is 0 Å². The predicted molar refractivity (Wildman–Crippen MR) is 96.9 cm³/mol. The number of carbonyl (C=O) groups is 2. The van der Waals surface area contributed by atoms with Crippen molar-refractivity contribution in [3.05, 3.63) is 29.3 Å². The number of fused-ring (bicyclic) bond motifs is 1. The molecule has 0 saturated heterocycles. The van der Waals surface area contributed by atoms with Crippen LogP contribution in [0, 0.1) is 17.3 Å². The van der Waals surface area contributed by atoms with Crippen molar-refractivity contribution in [1.29, 1.82) is 0 Å². The summed E-state index contributed by atoms with van der Waals surface area (Å²) >= 11 is 1.61. The minimum atomic E-state index is -0.0754. The Morgan fingerprint density at radius 2 is 2.17 bits per heavy atom. The van der Waals surface area contributed by atoms with E-state index in [2.05, 4.69) is 30.2 Å². The average Bonchev–Trinajstić information content (AvgIpc) is 2.97. The molecule has 1 aliphatic rings. The molecule has 1 amide bonds. The maximum atomic E-state index is 12.4. The van der Waals surface area contributed by atoms with Gasteiger partial charge in [0.2, 0.25) is 5.91 Å². The highest BCUT2D eigenvalue weighted by atomic mass is 32.1. The molecule has 5 heteroatoms. The fourth-order valence-corrected chi connectivity index (χ4v) is 4.53. The molecule has 1 unspecified atom stereocenters. The standard InChI is InChI=1S/C19H24N2O2S/c1-11(13-5-6-16-17(7-13)24-10-20-16)21-18(23)9-14-8-15(12(2)22)19(14,3)4/h5-7,10-11,14-15H,8-9H2,1-4H3,(H,21,23)/t11?,14-,15+/m1/s1. The third-order valence-electron chi connectivity index (χ3n) is 5.63. The lowest BCUT2D eigenvalue weighted by Gasteiger charge is -2.51. The molecule has 4 nitrogen and oxygen atoms in total. The highest BCUT2D eigenvalue weighted by molar-refractivity contribution is 7.16. The monoisotopic (exact) mass is 344 g/mol. The summed E-state index contributed by atoms with van der Waals surface area (Å²) in [5, 5.41) is 3.09. The zero-order valence-corrected chi connectivity index (χ0v) is 15.4. The van der Waals surface area contributed by atoms with Crippen molar-refractivity contribution in [2.24, 2.45) is 17.3 Å². The molecule has 0 radical (unpaired) electrons. The Balaban J connectivity index is 1.59. The van der Waals surface area contributed by atoms with Crippen LogP contribution in [-0.2, 0) is 9.59 Å². The van der Waals surface area contributed by atoms with Gasteiger partial charge in [0.15, 0.2) is 0 Å². The molecule has 0 spiro atoms. The molecule has 1 aromatic heterocycles. The van der Waals surface area contributed by atoms with Crippen LogP contribution in [0.25, 0.3) is 10.2 Å². The van der Waals surface area contributed by atoms with E-state index in [4.69, 9.17) is 0 Å². The van der Waals surface area contributed by atoms with Gasteiger partial charge in [-0.3, -0.25) is 9.59 Å². The van der Waals surface area contributed by atoms with Crippen molar-refractivity contribution in [3.63, 3.8) is 0 Å². The van der Waals surface area contributed by atoms with E-state index in [0.717, 1.165) is 22.2 Å². The quantitative estimate of drug-likeness (QED) is 0.888. The first-order valence-corrected chi connectivity index (χ1v) is 9.30. The number of aromatic nitrogens is 1. The maximum Gasteiger partial charge on any atom is 0.220 e. The molecule has 1 aliphatic carbocycles. The number of hydrogen-bond acceptors (Lipinski definition) is 4. The van der Waals surface area contributed by atoms with E-state index >= 15 is 0 Å². The van der Waals surface area contributed by atoms with Crippen LogP contribution in [0.2, 0.25) is 0 Å². The fourth-order valence-electron chi connectivity index (χ4n) is 3.80. The molecule has 1 fully saturated rings. The molecule has 3 rings (SSSR count). The number of rotatable bonds is 5. The topological polar surface area (TPSA) is 59.1 Å². The number of amides is 1. The van der Waals surface area contributed by atoms with Crippen LogP contribution in [0.15, 0.2) is 23.7 Å². The van der Waals surface area contributed by atoms with Crippen molar-refractivity contribution >= 4 is 33.2 Å². The maximum absolute atomic E-state index is 12.4. The molecule has 1 saturated carbocycles. The van der Waals surface area contributed by atoms with Gasteiger partial charge in [0.1, 0.15) is 5.78 Å². The first-order chi connectivity index (χ1) is 11.3. The minimum Gasteiger partial charge on any atom is -0.350 e. The lowest BCUT2D eigenvalue weighted by atomic mass is 9.52. The molecule has 1 N–H and O–H groups in total.